The van der Waals surface area contributed by atoms with E-state index in [1.807, 2.05) is 0 Å². The van der Waals surface area contributed by atoms with E-state index in [0.29, 0.717) is 6.07 Å². The van der Waals surface area contributed by atoms with E-state index in [9.17, 15) is 22.8 Å². The van der Waals surface area contributed by atoms with Crippen LogP contribution in [0.25, 0.3) is 0 Å². The Morgan fingerprint density at radius 3 is 2.43 bits per heavy atom. The highest BCUT2D eigenvalue weighted by molar-refractivity contribution is 6.14. The molecule has 0 spiro atoms. The van der Waals surface area contributed by atoms with Crippen molar-refractivity contribution in [1.29, 1.82) is 0 Å². The van der Waals surface area contributed by atoms with Gasteiger partial charge in [-0.1, -0.05) is 0 Å². The molecular formula is C14H11F3N2O4. The number of hydrogen-bond acceptors (Lipinski definition) is 4. The number of rotatable bonds is 4. The highest BCUT2D eigenvalue weighted by Crippen LogP contribution is 2.34. The van der Waals surface area contributed by atoms with E-state index in [-0.39, 0.29) is 22.6 Å². The number of halogens is 3. The number of hydrogen-bond donors (Lipinski definition) is 1. The molecule has 0 fully saturated rings. The van der Waals surface area contributed by atoms with Crippen LogP contribution in [0.4, 0.5) is 13.2 Å². The zero-order valence-corrected chi connectivity index (χ0v) is 12.0. The molecule has 6 nitrogen and oxygen atoms in total. The van der Waals surface area contributed by atoms with Crippen molar-refractivity contribution < 1.29 is 32.6 Å². The first-order valence-electron chi connectivity index (χ1n) is 6.22. The SMILES string of the molecule is COc1cc(C(F)(F)F)ccc1C(=O)c1cnn(C)c1C(=O)O. The third-order valence-electron chi connectivity index (χ3n) is 3.16. The number of nitrogens with zero attached hydrogens (tertiary/aromatic N) is 2. The molecule has 1 aromatic carbocycles. The number of alkyl halides is 3. The van der Waals surface area contributed by atoms with Crippen molar-refractivity contribution in [2.45, 2.75) is 6.18 Å². The Morgan fingerprint density at radius 1 is 1.26 bits per heavy atom. The van der Waals surface area contributed by atoms with Crippen LogP contribution in [0.1, 0.15) is 32.0 Å². The summed E-state index contributed by atoms with van der Waals surface area (Å²) < 4.78 is 43.9. The second kappa shape index (κ2) is 5.75. The summed E-state index contributed by atoms with van der Waals surface area (Å²) in [5.41, 5.74) is -1.76. The van der Waals surface area contributed by atoms with E-state index >= 15 is 0 Å². The van der Waals surface area contributed by atoms with E-state index in [1.165, 1.54) is 7.05 Å². The van der Waals surface area contributed by atoms with Crippen molar-refractivity contribution in [2.24, 2.45) is 7.05 Å². The van der Waals surface area contributed by atoms with Gasteiger partial charge in [0.25, 0.3) is 0 Å². The lowest BCUT2D eigenvalue weighted by Gasteiger charge is -2.12. The summed E-state index contributed by atoms with van der Waals surface area (Å²) in [5, 5.41) is 12.8. The molecule has 1 heterocycles. The topological polar surface area (TPSA) is 81.4 Å². The van der Waals surface area contributed by atoms with Crippen molar-refractivity contribution in [2.75, 3.05) is 7.11 Å². The molecule has 0 amide bonds. The van der Waals surface area contributed by atoms with Gasteiger partial charge in [0.05, 0.1) is 30.0 Å². The van der Waals surface area contributed by atoms with Gasteiger partial charge in [-0.3, -0.25) is 9.48 Å². The highest BCUT2D eigenvalue weighted by Gasteiger charge is 2.32. The lowest BCUT2D eigenvalue weighted by Crippen LogP contribution is -2.13. The minimum absolute atomic E-state index is 0.184. The minimum Gasteiger partial charge on any atom is -0.496 e. The first kappa shape index (κ1) is 16.5. The Hall–Kier alpha value is -2.84. The van der Waals surface area contributed by atoms with Gasteiger partial charge in [0.2, 0.25) is 5.78 Å². The van der Waals surface area contributed by atoms with E-state index in [1.54, 1.807) is 0 Å². The van der Waals surface area contributed by atoms with Crippen LogP contribution in [0.2, 0.25) is 0 Å². The third kappa shape index (κ3) is 3.03. The summed E-state index contributed by atoms with van der Waals surface area (Å²) in [7, 11) is 2.46. The van der Waals surface area contributed by atoms with Crippen molar-refractivity contribution >= 4 is 11.8 Å². The third-order valence-corrected chi connectivity index (χ3v) is 3.16. The fraction of sp³-hybridized carbons (Fsp3) is 0.214. The zero-order chi connectivity index (χ0) is 17.4. The van der Waals surface area contributed by atoms with Gasteiger partial charge >= 0.3 is 12.1 Å². The Kier molecular flexibility index (Phi) is 4.13. The van der Waals surface area contributed by atoms with E-state index < -0.39 is 23.5 Å². The molecule has 0 aliphatic rings. The number of methoxy groups -OCH3 is 1. The number of carbonyl (C=O) groups is 2. The van der Waals surface area contributed by atoms with Crippen LogP contribution in [-0.2, 0) is 13.2 Å². The van der Waals surface area contributed by atoms with Gasteiger partial charge in [-0.2, -0.15) is 18.3 Å². The largest absolute Gasteiger partial charge is 0.496 e. The van der Waals surface area contributed by atoms with Gasteiger partial charge in [-0.15, -0.1) is 0 Å². The van der Waals surface area contributed by atoms with Crippen molar-refractivity contribution in [3.8, 4) is 5.75 Å². The van der Waals surface area contributed by atoms with Crippen LogP contribution in [0.15, 0.2) is 24.4 Å². The second-order valence-corrected chi connectivity index (χ2v) is 4.58. The predicted octanol–water partition coefficient (Wildman–Crippen LogP) is 2.38. The van der Waals surface area contributed by atoms with Gasteiger partial charge in [0.1, 0.15) is 5.75 Å². The van der Waals surface area contributed by atoms with Gasteiger partial charge in [-0.25, -0.2) is 4.79 Å². The second-order valence-electron chi connectivity index (χ2n) is 4.58. The zero-order valence-electron chi connectivity index (χ0n) is 12.0. The molecule has 2 aromatic rings. The van der Waals surface area contributed by atoms with Crippen LogP contribution in [-0.4, -0.2) is 33.7 Å². The number of carboxylic acids is 1. The Labute approximate surface area is 128 Å². The van der Waals surface area contributed by atoms with Crippen molar-refractivity contribution in [1.82, 2.24) is 9.78 Å². The van der Waals surface area contributed by atoms with E-state index in [2.05, 4.69) is 5.10 Å². The average molecular weight is 328 g/mol. The number of ketones is 1. The molecule has 1 aromatic heterocycles. The molecule has 2 rings (SSSR count). The summed E-state index contributed by atoms with van der Waals surface area (Å²) >= 11 is 0. The van der Waals surface area contributed by atoms with E-state index in [4.69, 9.17) is 9.84 Å². The molecule has 122 valence electrons. The molecule has 23 heavy (non-hydrogen) atoms. The first-order chi connectivity index (χ1) is 10.7. The fourth-order valence-electron chi connectivity index (χ4n) is 2.06. The summed E-state index contributed by atoms with van der Waals surface area (Å²) in [4.78, 5) is 23.6. The smallest absolute Gasteiger partial charge is 0.416 e. The molecule has 0 aliphatic heterocycles. The number of aromatic nitrogens is 2. The van der Waals surface area contributed by atoms with E-state index in [0.717, 1.165) is 30.1 Å². The molecule has 0 radical (unpaired) electrons. The molecule has 0 aliphatic carbocycles. The minimum atomic E-state index is -4.59. The fourth-order valence-corrected chi connectivity index (χ4v) is 2.06. The van der Waals surface area contributed by atoms with Crippen LogP contribution >= 0.6 is 0 Å². The Bertz CT molecular complexity index is 781. The molecule has 0 saturated carbocycles. The molecule has 0 unspecified atom stereocenters. The van der Waals surface area contributed by atoms with Gasteiger partial charge in [0.15, 0.2) is 5.69 Å². The number of benzene rings is 1. The quantitative estimate of drug-likeness (QED) is 0.872. The summed E-state index contributed by atoms with van der Waals surface area (Å²) in [5.74, 6) is -2.47. The molecule has 0 bridgehead atoms. The van der Waals surface area contributed by atoms with Gasteiger partial charge in [0, 0.05) is 7.05 Å². The van der Waals surface area contributed by atoms with Crippen LogP contribution in [0.3, 0.4) is 0 Å². The standard InChI is InChI=1S/C14H11F3N2O4/c1-19-11(13(21)22)9(6-18-19)12(20)8-4-3-7(14(15,16)17)5-10(8)23-2/h3-6H,1-2H3,(H,21,22). The average Bonchev–Trinajstić information content (AvgIpc) is 2.86. The molecule has 1 N–H and O–H groups in total. The molecule has 0 atom stereocenters. The maximum Gasteiger partial charge on any atom is 0.416 e. The Balaban J connectivity index is 2.54. The molecular weight excluding hydrogens is 317 g/mol. The van der Waals surface area contributed by atoms with Gasteiger partial charge in [-0.05, 0) is 18.2 Å². The molecule has 9 heteroatoms. The van der Waals surface area contributed by atoms with Crippen LogP contribution in [0.5, 0.6) is 5.75 Å². The van der Waals surface area contributed by atoms with Crippen LogP contribution < -0.4 is 4.74 Å². The first-order valence-corrected chi connectivity index (χ1v) is 6.22. The highest BCUT2D eigenvalue weighted by atomic mass is 19.4. The lowest BCUT2D eigenvalue weighted by atomic mass is 10.0. The van der Waals surface area contributed by atoms with Crippen molar-refractivity contribution in [3.05, 3.63) is 46.8 Å². The normalized spacial score (nSPS) is 11.3. The Morgan fingerprint density at radius 2 is 1.91 bits per heavy atom. The number of aryl methyl sites for hydroxylation is 1. The summed E-state index contributed by atoms with van der Waals surface area (Å²) in [6.45, 7) is 0. The summed E-state index contributed by atoms with van der Waals surface area (Å²) in [6, 6.07) is 2.36. The van der Waals surface area contributed by atoms with Crippen LogP contribution in [0, 0.1) is 0 Å². The number of carbonyl (C=O) groups excluding carboxylic acids is 1. The maximum absolute atomic E-state index is 12.7. The lowest BCUT2D eigenvalue weighted by molar-refractivity contribution is -0.137. The number of aromatic carboxylic acids is 1. The summed E-state index contributed by atoms with van der Waals surface area (Å²) in [6.07, 6.45) is -3.54. The maximum atomic E-state index is 12.7. The van der Waals surface area contributed by atoms with Crippen molar-refractivity contribution in [3.63, 3.8) is 0 Å². The predicted molar refractivity (Wildman–Crippen MR) is 71.6 cm³/mol. The number of ether oxygens (including phenoxy) is 1. The number of carboxylic acid groups (broad SMARTS) is 1. The monoisotopic (exact) mass is 328 g/mol. The molecule has 0 saturated heterocycles. The van der Waals surface area contributed by atoms with Gasteiger partial charge < -0.3 is 9.84 Å².